The minimum atomic E-state index is -5.83. The Labute approximate surface area is 187 Å². The van der Waals surface area contributed by atoms with E-state index in [2.05, 4.69) is 18.2 Å². The summed E-state index contributed by atoms with van der Waals surface area (Å²) in [4.78, 5) is 60.9. The topological polar surface area (TPSA) is 277 Å². The summed E-state index contributed by atoms with van der Waals surface area (Å²) in [5.41, 5.74) is -4.83. The van der Waals surface area contributed by atoms with Gasteiger partial charge in [0.15, 0.2) is 6.23 Å². The third-order valence-corrected chi connectivity index (χ3v) is 7.83. The van der Waals surface area contributed by atoms with Crippen LogP contribution in [0.25, 0.3) is 0 Å². The smallest absolute Gasteiger partial charge is 0.386 e. The van der Waals surface area contributed by atoms with Gasteiger partial charge in [-0.25, -0.2) is 18.5 Å². The van der Waals surface area contributed by atoms with Crippen molar-refractivity contribution < 1.29 is 61.4 Å². The van der Waals surface area contributed by atoms with Gasteiger partial charge in [-0.2, -0.15) is 18.4 Å². The van der Waals surface area contributed by atoms with Gasteiger partial charge in [0, 0.05) is 5.38 Å². The summed E-state index contributed by atoms with van der Waals surface area (Å²) in [5.74, 6) is 1.97. The Balaban J connectivity index is 2.32. The number of hydrogen-bond acceptors (Lipinski definition) is 12. The molecule has 2 rings (SSSR count). The number of halogens is 1. The molecular weight excluding hydrogens is 543 g/mol. The molecule has 0 aliphatic carbocycles. The van der Waals surface area contributed by atoms with Crippen molar-refractivity contribution in [2.75, 3.05) is 0 Å². The lowest BCUT2D eigenvalue weighted by Gasteiger charge is -2.26. The molecule has 33 heavy (non-hydrogen) atoms. The average molecular weight is 558 g/mol. The van der Waals surface area contributed by atoms with Crippen LogP contribution in [0.15, 0.2) is 15.8 Å². The highest BCUT2D eigenvalue weighted by atomic mass is 35.5. The first-order valence-electron chi connectivity index (χ1n) is 8.10. The summed E-state index contributed by atoms with van der Waals surface area (Å²) in [7, 11) is -17.1. The first-order valence-corrected chi connectivity index (χ1v) is 13.0. The van der Waals surface area contributed by atoms with E-state index in [1.807, 2.05) is 5.92 Å². The molecule has 186 valence electrons. The zero-order chi connectivity index (χ0) is 25.4. The summed E-state index contributed by atoms with van der Waals surface area (Å²) >= 11 is 5.29. The van der Waals surface area contributed by atoms with E-state index in [4.69, 9.17) is 26.1 Å². The number of H-pyrrole nitrogens is 1. The zero-order valence-electron chi connectivity index (χ0n) is 15.9. The van der Waals surface area contributed by atoms with Crippen molar-refractivity contribution in [2.45, 2.75) is 37.1 Å². The summed E-state index contributed by atoms with van der Waals surface area (Å²) < 4.78 is 51.4. The first-order chi connectivity index (χ1) is 14.9. The second-order valence-electron chi connectivity index (χ2n) is 6.23. The Morgan fingerprint density at radius 1 is 1.24 bits per heavy atom. The van der Waals surface area contributed by atoms with Crippen LogP contribution in [0.1, 0.15) is 13.2 Å². The number of nitrogens with zero attached hydrogens (tertiary/aromatic N) is 2. The number of aliphatic hydroxyl groups is 2. The minimum absolute atomic E-state index is 0.364. The standard InChI is InChI=1S/C11H15ClN3O15P3/c1-5(28-32(23,24)30-33(25,26)29-31(20,21)22)7-8(17)11(19,2-3-12)9(27-7)15-10(18)14-6(16)4-13-15/h4-5,7-9,17,19H,1H3,(H,23,24)(H,25,26)(H,14,16,18)(H2,20,21,22)/t5-,7+,8-,9+,11?/m0/s1. The monoisotopic (exact) mass is 557 g/mol. The molecule has 0 saturated carbocycles. The molecular formula is C11H15ClN3O15P3. The van der Waals surface area contributed by atoms with Gasteiger partial charge >= 0.3 is 29.2 Å². The molecule has 1 fully saturated rings. The second kappa shape index (κ2) is 9.78. The highest BCUT2D eigenvalue weighted by Crippen LogP contribution is 2.66. The maximum Gasteiger partial charge on any atom is 0.490 e. The van der Waals surface area contributed by atoms with Crippen LogP contribution in [0, 0.1) is 11.3 Å². The molecule has 22 heteroatoms. The normalized spacial score (nSPS) is 30.0. The molecule has 1 aliphatic rings. The van der Waals surface area contributed by atoms with Crippen molar-refractivity contribution >= 4 is 35.1 Å². The minimum Gasteiger partial charge on any atom is -0.386 e. The van der Waals surface area contributed by atoms with Gasteiger partial charge in [0.25, 0.3) is 5.56 Å². The quantitative estimate of drug-likeness (QED) is 0.132. The van der Waals surface area contributed by atoms with Crippen molar-refractivity contribution in [1.29, 1.82) is 0 Å². The van der Waals surface area contributed by atoms with E-state index in [0.29, 0.717) is 10.9 Å². The molecule has 7 N–H and O–H groups in total. The summed E-state index contributed by atoms with van der Waals surface area (Å²) in [6.45, 7) is 0.937. The van der Waals surface area contributed by atoms with Crippen molar-refractivity contribution in [1.82, 2.24) is 14.8 Å². The number of aromatic amines is 1. The fraction of sp³-hybridized carbons (Fsp3) is 0.545. The molecule has 2 heterocycles. The van der Waals surface area contributed by atoms with Crippen LogP contribution >= 0.6 is 35.1 Å². The highest BCUT2D eigenvalue weighted by Gasteiger charge is 2.59. The third kappa shape index (κ3) is 6.89. The van der Waals surface area contributed by atoms with E-state index in [9.17, 15) is 43.3 Å². The highest BCUT2D eigenvalue weighted by molar-refractivity contribution is 7.66. The van der Waals surface area contributed by atoms with Crippen LogP contribution in [0.4, 0.5) is 0 Å². The second-order valence-corrected chi connectivity index (χ2v) is 10.8. The Hall–Kier alpha value is -1.25. The molecule has 1 aromatic rings. The van der Waals surface area contributed by atoms with Gasteiger partial charge in [-0.05, 0) is 24.4 Å². The summed E-state index contributed by atoms with van der Waals surface area (Å²) in [6, 6.07) is 0. The molecule has 1 saturated heterocycles. The number of aliphatic hydroxyl groups excluding tert-OH is 1. The number of phosphoric acid groups is 3. The number of hydrogen-bond donors (Lipinski definition) is 7. The lowest BCUT2D eigenvalue weighted by Crippen LogP contribution is -2.49. The van der Waals surface area contributed by atoms with Crippen LogP contribution in [-0.2, 0) is 31.6 Å². The van der Waals surface area contributed by atoms with E-state index in [-0.39, 0.29) is 0 Å². The average Bonchev–Trinajstić information content (AvgIpc) is 2.83. The summed E-state index contributed by atoms with van der Waals surface area (Å²) in [5, 5.41) is 26.5. The van der Waals surface area contributed by atoms with Crippen LogP contribution in [0.3, 0.4) is 0 Å². The Kier molecular flexibility index (Phi) is 8.30. The number of aromatic nitrogens is 3. The SMILES string of the molecule is C[C@H](OP(=O)(O)OP(=O)(O)OP(=O)(O)O)[C@H]1O[C@@H](n2ncc(=O)[nH]c2=O)C(O)(C#CCl)[C@H]1O. The molecule has 3 unspecified atom stereocenters. The molecule has 0 bridgehead atoms. The van der Waals surface area contributed by atoms with Crippen LogP contribution in [0.5, 0.6) is 0 Å². The lowest BCUT2D eigenvalue weighted by atomic mass is 9.93. The molecule has 0 amide bonds. The maximum absolute atomic E-state index is 12.0. The van der Waals surface area contributed by atoms with Gasteiger partial charge in [-0.1, -0.05) is 0 Å². The largest absolute Gasteiger partial charge is 0.490 e. The van der Waals surface area contributed by atoms with E-state index in [0.717, 1.165) is 6.92 Å². The molecule has 1 aromatic heterocycles. The van der Waals surface area contributed by atoms with Crippen molar-refractivity contribution in [3.63, 3.8) is 0 Å². The number of rotatable bonds is 8. The Morgan fingerprint density at radius 3 is 2.36 bits per heavy atom. The van der Waals surface area contributed by atoms with Gasteiger partial charge < -0.3 is 34.5 Å². The van der Waals surface area contributed by atoms with Crippen LogP contribution in [0.2, 0.25) is 0 Å². The van der Waals surface area contributed by atoms with Crippen LogP contribution < -0.4 is 11.2 Å². The Morgan fingerprint density at radius 2 is 1.85 bits per heavy atom. The fourth-order valence-corrected chi connectivity index (χ4v) is 6.00. The van der Waals surface area contributed by atoms with Gasteiger partial charge in [-0.15, -0.1) is 0 Å². The van der Waals surface area contributed by atoms with Gasteiger partial charge in [-0.3, -0.25) is 14.3 Å². The van der Waals surface area contributed by atoms with E-state index in [1.165, 1.54) is 0 Å². The van der Waals surface area contributed by atoms with E-state index in [1.54, 1.807) is 10.4 Å². The number of phosphoric ester groups is 1. The van der Waals surface area contributed by atoms with Gasteiger partial charge in [0.2, 0.25) is 5.60 Å². The van der Waals surface area contributed by atoms with Gasteiger partial charge in [0.1, 0.15) is 18.4 Å². The predicted molar refractivity (Wildman–Crippen MR) is 102 cm³/mol. The molecule has 1 aliphatic heterocycles. The van der Waals surface area contributed by atoms with Crippen molar-refractivity contribution in [3.8, 4) is 11.3 Å². The maximum atomic E-state index is 12.0. The third-order valence-electron chi connectivity index (χ3n) is 3.81. The van der Waals surface area contributed by atoms with E-state index >= 15 is 0 Å². The lowest BCUT2D eigenvalue weighted by molar-refractivity contribution is -0.0933. The van der Waals surface area contributed by atoms with E-state index < -0.39 is 64.9 Å². The molecule has 7 atom stereocenters. The number of ether oxygens (including phenoxy) is 1. The zero-order valence-corrected chi connectivity index (χ0v) is 19.3. The molecule has 0 spiro atoms. The van der Waals surface area contributed by atoms with Crippen molar-refractivity contribution in [3.05, 3.63) is 27.0 Å². The molecule has 0 aromatic carbocycles. The Bertz CT molecular complexity index is 1220. The first kappa shape index (κ1) is 28.0. The molecule has 0 radical (unpaired) electrons. The molecule has 18 nitrogen and oxygen atoms in total. The van der Waals surface area contributed by atoms with Crippen LogP contribution in [-0.4, -0.2) is 68.5 Å². The van der Waals surface area contributed by atoms with Gasteiger partial charge in [0.05, 0.1) is 6.10 Å². The summed E-state index contributed by atoms with van der Waals surface area (Å²) in [6.07, 6.45) is -7.12. The number of nitrogens with one attached hydrogen (secondary N) is 1. The predicted octanol–water partition coefficient (Wildman–Crippen LogP) is -2.15. The fourth-order valence-electron chi connectivity index (χ4n) is 2.64. The van der Waals surface area contributed by atoms with Crippen molar-refractivity contribution in [2.24, 2.45) is 0 Å².